The molecule has 0 bridgehead atoms. The number of rotatable bonds is 5. The summed E-state index contributed by atoms with van der Waals surface area (Å²) in [6.07, 6.45) is 5.13. The van der Waals surface area contributed by atoms with E-state index in [0.29, 0.717) is 37.4 Å². The second-order valence-corrected chi connectivity index (χ2v) is 11.8. The minimum atomic E-state index is -0.970. The van der Waals surface area contributed by atoms with Crippen LogP contribution in [0.25, 0.3) is 11.1 Å². The number of ether oxygens (including phenoxy) is 1. The van der Waals surface area contributed by atoms with E-state index in [-0.39, 0.29) is 48.1 Å². The number of aromatic nitrogens is 2. The van der Waals surface area contributed by atoms with Gasteiger partial charge >= 0.3 is 25.0 Å². The van der Waals surface area contributed by atoms with E-state index in [1.807, 2.05) is 55.9 Å². The molecule has 2 amide bonds. The van der Waals surface area contributed by atoms with Crippen LogP contribution in [0.4, 0.5) is 14.9 Å². The van der Waals surface area contributed by atoms with E-state index in [4.69, 9.17) is 4.74 Å². The first-order valence-electron chi connectivity index (χ1n) is 14.0. The maximum Gasteiger partial charge on any atom is 1.00 e. The molecule has 12 heteroatoms. The Bertz CT molecular complexity index is 1510. The minimum Gasteiger partial charge on any atom is -2.00 e. The Kier molecular flexibility index (Phi) is 9.40. The molecule has 0 radical (unpaired) electrons. The predicted octanol–water partition coefficient (Wildman–Crippen LogP) is 1.38. The smallest absolute Gasteiger partial charge is 1.00 e. The number of carbonyl (C=O) groups excluding carboxylic acids is 3. The SMILES string of the molecule is CC(C)(C)OC(=O)N1CCN(c2ccc(-c3cc(F)c4c(c3)C(=O)N(C([C-]=O)c3ncn5c3CCC5)C4)cc2)CC1.[Li+].[O-2]. The first-order valence-corrected chi connectivity index (χ1v) is 14.0. The molecule has 1 atom stereocenters. The molecule has 1 aromatic heterocycles. The number of anilines is 1. The normalized spacial score (nSPS) is 16.7. The van der Waals surface area contributed by atoms with Gasteiger partial charge in [0.15, 0.2) is 0 Å². The third kappa shape index (κ3) is 6.21. The zero-order chi connectivity index (χ0) is 28.9. The van der Waals surface area contributed by atoms with Crippen LogP contribution in [0, 0.1) is 5.82 Å². The monoisotopic (exact) mass is 581 g/mol. The number of hydrogen-bond donors (Lipinski definition) is 0. The Hall–Kier alpha value is -3.65. The van der Waals surface area contributed by atoms with Crippen LogP contribution < -0.4 is 23.8 Å². The van der Waals surface area contributed by atoms with Crippen molar-refractivity contribution in [3.05, 3.63) is 71.1 Å². The van der Waals surface area contributed by atoms with Crippen molar-refractivity contribution < 1.29 is 47.8 Å². The van der Waals surface area contributed by atoms with Gasteiger partial charge in [0.2, 0.25) is 0 Å². The summed E-state index contributed by atoms with van der Waals surface area (Å²) in [6, 6.07) is 9.92. The van der Waals surface area contributed by atoms with Gasteiger partial charge in [-0.05, 0) is 75.0 Å². The average Bonchev–Trinajstić information content (AvgIpc) is 3.65. The molecule has 4 heterocycles. The summed E-state index contributed by atoms with van der Waals surface area (Å²) < 4.78 is 22.8. The first kappa shape index (κ1) is 32.3. The van der Waals surface area contributed by atoms with Gasteiger partial charge in [0.05, 0.1) is 12.0 Å². The maximum absolute atomic E-state index is 15.3. The Labute approximate surface area is 262 Å². The van der Waals surface area contributed by atoms with Crippen molar-refractivity contribution >= 4 is 24.0 Å². The summed E-state index contributed by atoms with van der Waals surface area (Å²) in [7, 11) is 0. The molecule has 10 nitrogen and oxygen atoms in total. The zero-order valence-electron chi connectivity index (χ0n) is 24.9. The molecule has 3 aliphatic heterocycles. The maximum atomic E-state index is 15.3. The zero-order valence-corrected chi connectivity index (χ0v) is 24.9. The Morgan fingerprint density at radius 3 is 2.40 bits per heavy atom. The third-order valence-corrected chi connectivity index (χ3v) is 7.99. The number of carbonyl (C=O) groups is 2. The Morgan fingerprint density at radius 2 is 1.74 bits per heavy atom. The van der Waals surface area contributed by atoms with Crippen molar-refractivity contribution in [2.45, 2.75) is 58.3 Å². The van der Waals surface area contributed by atoms with E-state index in [2.05, 4.69) is 9.88 Å². The second-order valence-electron chi connectivity index (χ2n) is 11.8. The van der Waals surface area contributed by atoms with Crippen LogP contribution in [0.15, 0.2) is 42.7 Å². The van der Waals surface area contributed by atoms with Gasteiger partial charge in [-0.25, -0.2) is 20.5 Å². The van der Waals surface area contributed by atoms with Crippen molar-refractivity contribution in [3.63, 3.8) is 0 Å². The molecular formula is C31H33FLiN5O5-2. The summed E-state index contributed by atoms with van der Waals surface area (Å²) in [5.74, 6) is -0.872. The molecule has 0 spiro atoms. The van der Waals surface area contributed by atoms with Crippen molar-refractivity contribution in [1.29, 1.82) is 0 Å². The molecule has 1 saturated heterocycles. The Morgan fingerprint density at radius 1 is 1.05 bits per heavy atom. The molecule has 3 aliphatic rings. The molecule has 43 heavy (non-hydrogen) atoms. The molecule has 3 aromatic rings. The van der Waals surface area contributed by atoms with Gasteiger partial charge in [0.1, 0.15) is 11.4 Å². The van der Waals surface area contributed by atoms with E-state index in [1.165, 1.54) is 11.0 Å². The van der Waals surface area contributed by atoms with Crippen molar-refractivity contribution in [1.82, 2.24) is 19.4 Å². The fourth-order valence-electron chi connectivity index (χ4n) is 5.90. The number of nitrogens with zero attached hydrogens (tertiary/aromatic N) is 5. The number of benzene rings is 2. The molecule has 1 fully saturated rings. The summed E-state index contributed by atoms with van der Waals surface area (Å²) in [4.78, 5) is 47.5. The van der Waals surface area contributed by atoms with E-state index in [1.54, 1.807) is 17.3 Å². The van der Waals surface area contributed by atoms with Gasteiger partial charge in [0, 0.05) is 61.8 Å². The summed E-state index contributed by atoms with van der Waals surface area (Å²) in [6.45, 7) is 8.87. The van der Waals surface area contributed by atoms with Crippen molar-refractivity contribution in [2.75, 3.05) is 31.1 Å². The van der Waals surface area contributed by atoms with E-state index < -0.39 is 23.4 Å². The minimum absolute atomic E-state index is 0. The molecule has 1 unspecified atom stereocenters. The van der Waals surface area contributed by atoms with Crippen LogP contribution in [0.3, 0.4) is 0 Å². The van der Waals surface area contributed by atoms with Gasteiger partial charge < -0.3 is 34.3 Å². The number of imidazole rings is 1. The van der Waals surface area contributed by atoms with Crippen LogP contribution in [-0.2, 0) is 34.5 Å². The molecule has 0 N–H and O–H groups in total. The van der Waals surface area contributed by atoms with Gasteiger partial charge in [-0.2, -0.15) is 0 Å². The van der Waals surface area contributed by atoms with E-state index in [9.17, 15) is 14.4 Å². The van der Waals surface area contributed by atoms with E-state index >= 15 is 4.39 Å². The van der Waals surface area contributed by atoms with Gasteiger partial charge in [0.25, 0.3) is 5.91 Å². The average molecular weight is 582 g/mol. The second kappa shape index (κ2) is 12.5. The Balaban J connectivity index is 0.00000212. The third-order valence-electron chi connectivity index (χ3n) is 7.99. The molecule has 222 valence electrons. The number of amides is 2. The number of halogens is 1. The first-order chi connectivity index (χ1) is 19.6. The molecular weight excluding hydrogens is 548 g/mol. The standard InChI is InChI=1S/C31H33FN5O4.Li.O/c1-31(2,3)41-30(40)35-13-11-34(12-14-35)22-8-6-20(7-9-22)21-15-23-24(25(32)16-21)17-37(29(23)39)27(18-38)28-26-5-4-10-36(26)19-33-28;;/h6-9,15-16,19,27H,4-5,10-14,17H2,1-3H3;;/q-1;+1;-2. The van der Waals surface area contributed by atoms with Crippen LogP contribution in [0.5, 0.6) is 0 Å². The summed E-state index contributed by atoms with van der Waals surface area (Å²) >= 11 is 0. The van der Waals surface area contributed by atoms with Gasteiger partial charge in [-0.3, -0.25) is 4.79 Å². The number of fused-ring (bicyclic) bond motifs is 2. The number of hydrogen-bond acceptors (Lipinski definition) is 6. The van der Waals surface area contributed by atoms with E-state index in [0.717, 1.165) is 36.3 Å². The van der Waals surface area contributed by atoms with Crippen LogP contribution >= 0.6 is 0 Å². The van der Waals surface area contributed by atoms with Crippen molar-refractivity contribution in [3.8, 4) is 11.1 Å². The van der Waals surface area contributed by atoms with Crippen LogP contribution in [0.1, 0.15) is 60.5 Å². The molecule has 6 rings (SSSR count). The topological polar surface area (TPSA) is 116 Å². The molecule has 0 aliphatic carbocycles. The van der Waals surface area contributed by atoms with Crippen LogP contribution in [-0.4, -0.2) is 69.4 Å². The quantitative estimate of drug-likeness (QED) is 0.332. The fourth-order valence-corrected chi connectivity index (χ4v) is 5.90. The fraction of sp³-hybridized carbons (Fsp3) is 0.419. The summed E-state index contributed by atoms with van der Waals surface area (Å²) in [5, 5.41) is 0. The van der Waals surface area contributed by atoms with Gasteiger partial charge in [-0.15, -0.1) is 0 Å². The summed E-state index contributed by atoms with van der Waals surface area (Å²) in [5.41, 5.74) is 3.85. The van der Waals surface area contributed by atoms with Crippen molar-refractivity contribution in [2.24, 2.45) is 0 Å². The van der Waals surface area contributed by atoms with Gasteiger partial charge in [-0.1, -0.05) is 12.1 Å². The van der Waals surface area contributed by atoms with Crippen LogP contribution in [0.2, 0.25) is 0 Å². The number of aryl methyl sites for hydroxylation is 1. The largest absolute Gasteiger partial charge is 2.00 e. The molecule has 2 aromatic carbocycles. The molecule has 0 saturated carbocycles. The predicted molar refractivity (Wildman–Crippen MR) is 151 cm³/mol. The number of piperazine rings is 1.